The fraction of sp³-hybridized carbons (Fsp3) is 1.00. The predicted octanol–water partition coefficient (Wildman–Crippen LogP) is 5.35. The largest absolute Gasteiger partial charge is 0.514 e. The van der Waals surface area contributed by atoms with Crippen LogP contribution in [0.3, 0.4) is 0 Å². The number of hydrogen-bond acceptors (Lipinski definition) is 12. The van der Waals surface area contributed by atoms with Crippen molar-refractivity contribution in [2.45, 2.75) is 37.4 Å². The summed E-state index contributed by atoms with van der Waals surface area (Å²) in [5.74, 6) is 0. The van der Waals surface area contributed by atoms with Crippen molar-refractivity contribution >= 4 is 78.5 Å². The molecule has 0 fully saturated rings. The molecule has 0 N–H and O–H groups in total. The molecule has 6 nitrogen and oxygen atoms in total. The fourth-order valence-electron chi connectivity index (χ4n) is 1.99. The number of rotatable bonds is 17. The van der Waals surface area contributed by atoms with Gasteiger partial charge in [-0.15, -0.1) is 0 Å². The molecule has 0 aliphatic rings. The van der Waals surface area contributed by atoms with Crippen LogP contribution in [0, 0.1) is 0 Å². The van der Waals surface area contributed by atoms with Gasteiger partial charge in [-0.2, -0.15) is 0 Å². The molecule has 0 aromatic carbocycles. The zero-order valence-electron chi connectivity index (χ0n) is 16.5. The standard InChI is InChI=1S/C12H30O6S6Si2/c1-9-17-25(13-5,14-6)11(3)19-21-23-24-22-20-12(4)26(15-7,16-8)18-10-2/h11-12H,9-10H2,1-8H3. The van der Waals surface area contributed by atoms with Crippen LogP contribution in [0.2, 0.25) is 0 Å². The van der Waals surface area contributed by atoms with E-state index in [1.165, 1.54) is 0 Å². The first-order valence-electron chi connectivity index (χ1n) is 7.89. The van der Waals surface area contributed by atoms with Crippen LogP contribution in [0.5, 0.6) is 0 Å². The van der Waals surface area contributed by atoms with Crippen molar-refractivity contribution in [3.05, 3.63) is 0 Å². The van der Waals surface area contributed by atoms with Crippen molar-refractivity contribution in [2.24, 2.45) is 0 Å². The summed E-state index contributed by atoms with van der Waals surface area (Å²) >= 11 is 0. The van der Waals surface area contributed by atoms with Crippen molar-refractivity contribution < 1.29 is 26.6 Å². The molecule has 0 spiro atoms. The Balaban J connectivity index is 4.20. The van der Waals surface area contributed by atoms with Crippen LogP contribution in [0.15, 0.2) is 0 Å². The van der Waals surface area contributed by atoms with Crippen molar-refractivity contribution in [1.82, 2.24) is 0 Å². The molecular weight excluding hydrogens is 489 g/mol. The molecule has 0 radical (unpaired) electrons. The minimum Gasteiger partial charge on any atom is -0.376 e. The normalized spacial score (nSPS) is 15.2. The Bertz CT molecular complexity index is 322. The first-order valence-corrected chi connectivity index (χ1v) is 19.1. The maximum atomic E-state index is 5.78. The lowest BCUT2D eigenvalue weighted by molar-refractivity contribution is 0.103. The van der Waals surface area contributed by atoms with Crippen LogP contribution in [0.4, 0.5) is 0 Å². The average molecular weight is 519 g/mol. The molecule has 0 heterocycles. The summed E-state index contributed by atoms with van der Waals surface area (Å²) in [6, 6.07) is 0. The summed E-state index contributed by atoms with van der Waals surface area (Å²) in [6.07, 6.45) is 0. The molecule has 158 valence electrons. The second-order valence-corrected chi connectivity index (χ2v) is 21.9. The average Bonchev–Trinajstić information content (AvgIpc) is 2.66. The van der Waals surface area contributed by atoms with E-state index >= 15 is 0 Å². The molecule has 0 aromatic rings. The lowest BCUT2D eigenvalue weighted by Crippen LogP contribution is -2.52. The molecule has 0 bridgehead atoms. The molecule has 2 atom stereocenters. The quantitative estimate of drug-likeness (QED) is 0.142. The SMILES string of the molecule is CCO[Si](OC)(OC)C(C)SSSSSSC(C)[Si](OC)(OC)OCC. The van der Waals surface area contributed by atoms with Gasteiger partial charge >= 0.3 is 17.6 Å². The van der Waals surface area contributed by atoms with E-state index in [0.717, 1.165) is 0 Å². The Morgan fingerprint density at radius 2 is 0.923 bits per heavy atom. The highest BCUT2D eigenvalue weighted by molar-refractivity contribution is 9.42. The summed E-state index contributed by atoms with van der Waals surface area (Å²) in [7, 11) is 11.6. The van der Waals surface area contributed by atoms with Crippen LogP contribution in [-0.2, 0) is 26.6 Å². The molecule has 0 saturated carbocycles. The van der Waals surface area contributed by atoms with Gasteiger partial charge < -0.3 is 26.6 Å². The highest BCUT2D eigenvalue weighted by Gasteiger charge is 2.47. The zero-order chi connectivity index (χ0) is 20.1. The Morgan fingerprint density at radius 3 is 1.15 bits per heavy atom. The van der Waals surface area contributed by atoms with Crippen LogP contribution < -0.4 is 0 Å². The maximum Gasteiger partial charge on any atom is 0.514 e. The zero-order valence-corrected chi connectivity index (χ0v) is 23.4. The molecule has 0 aromatic heterocycles. The second-order valence-electron chi connectivity index (χ2n) is 4.64. The van der Waals surface area contributed by atoms with E-state index in [9.17, 15) is 0 Å². The summed E-state index contributed by atoms with van der Waals surface area (Å²) in [4.78, 5) is 0.291. The van der Waals surface area contributed by atoms with Gasteiger partial charge in [0.25, 0.3) is 0 Å². The summed E-state index contributed by atoms with van der Waals surface area (Å²) in [5.41, 5.74) is 0. The lowest BCUT2D eigenvalue weighted by Gasteiger charge is -2.30. The molecule has 26 heavy (non-hydrogen) atoms. The Hall–Kier alpha value is 2.29. The summed E-state index contributed by atoms with van der Waals surface area (Å²) in [5, 5.41) is 0. The Kier molecular flexibility index (Phi) is 17.5. The highest BCUT2D eigenvalue weighted by atomic mass is 33.9. The van der Waals surface area contributed by atoms with E-state index in [-0.39, 0.29) is 9.75 Å². The lowest BCUT2D eigenvalue weighted by atomic mass is 10.9. The third-order valence-electron chi connectivity index (χ3n) is 3.28. The first-order chi connectivity index (χ1) is 12.4. The molecular formula is C12H30O6S6Si2. The van der Waals surface area contributed by atoms with Crippen molar-refractivity contribution in [3.8, 4) is 0 Å². The predicted molar refractivity (Wildman–Crippen MR) is 127 cm³/mol. The second kappa shape index (κ2) is 16.0. The minimum atomic E-state index is -2.61. The van der Waals surface area contributed by atoms with Gasteiger partial charge in [-0.3, -0.25) is 0 Å². The van der Waals surface area contributed by atoms with Gasteiger partial charge in [0.05, 0.1) is 9.75 Å². The fourth-order valence-corrected chi connectivity index (χ4v) is 23.3. The molecule has 14 heteroatoms. The van der Waals surface area contributed by atoms with E-state index in [0.29, 0.717) is 13.2 Å². The van der Waals surface area contributed by atoms with Crippen molar-refractivity contribution in [2.75, 3.05) is 41.7 Å². The topological polar surface area (TPSA) is 55.4 Å². The van der Waals surface area contributed by atoms with Gasteiger partial charge in [0, 0.05) is 41.7 Å². The molecule has 2 unspecified atom stereocenters. The third-order valence-corrected chi connectivity index (χ3v) is 23.4. The van der Waals surface area contributed by atoms with E-state index in [1.807, 2.05) is 13.8 Å². The van der Waals surface area contributed by atoms with Crippen LogP contribution in [0.1, 0.15) is 27.7 Å². The van der Waals surface area contributed by atoms with Gasteiger partial charge in [-0.1, -0.05) is 21.6 Å². The molecule has 0 rings (SSSR count). The molecule has 0 saturated heterocycles. The monoisotopic (exact) mass is 518 g/mol. The van der Waals surface area contributed by atoms with E-state index in [4.69, 9.17) is 26.6 Å². The van der Waals surface area contributed by atoms with Crippen LogP contribution in [-0.4, -0.2) is 69.0 Å². The van der Waals surface area contributed by atoms with Gasteiger partial charge in [0.2, 0.25) is 0 Å². The van der Waals surface area contributed by atoms with E-state index in [2.05, 4.69) is 13.8 Å². The number of hydrogen-bond donors (Lipinski definition) is 0. The van der Waals surface area contributed by atoms with Gasteiger partial charge in [-0.25, -0.2) is 0 Å². The van der Waals surface area contributed by atoms with Crippen molar-refractivity contribution in [1.29, 1.82) is 0 Å². The maximum absolute atomic E-state index is 5.78. The molecule has 0 amide bonds. The third kappa shape index (κ3) is 8.97. The van der Waals surface area contributed by atoms with E-state index < -0.39 is 17.6 Å². The van der Waals surface area contributed by atoms with Gasteiger partial charge in [0.1, 0.15) is 0 Å². The summed E-state index contributed by atoms with van der Waals surface area (Å²) in [6.45, 7) is 9.24. The Labute approximate surface area is 183 Å². The Morgan fingerprint density at radius 1 is 0.615 bits per heavy atom. The van der Waals surface area contributed by atoms with Gasteiger partial charge in [-0.05, 0) is 67.0 Å². The molecule has 0 aliphatic heterocycles. The van der Waals surface area contributed by atoms with Gasteiger partial charge in [0.15, 0.2) is 0 Å². The van der Waals surface area contributed by atoms with Crippen LogP contribution >= 0.6 is 60.9 Å². The minimum absolute atomic E-state index is 0.145. The smallest absolute Gasteiger partial charge is 0.376 e. The first kappa shape index (κ1) is 28.3. The summed E-state index contributed by atoms with van der Waals surface area (Å²) < 4.78 is 33.9. The molecule has 0 aliphatic carbocycles. The van der Waals surface area contributed by atoms with Crippen LogP contribution in [0.25, 0.3) is 0 Å². The highest BCUT2D eigenvalue weighted by Crippen LogP contribution is 2.55. The van der Waals surface area contributed by atoms with Crippen molar-refractivity contribution in [3.63, 3.8) is 0 Å². The van der Waals surface area contributed by atoms with E-state index in [1.54, 1.807) is 89.3 Å².